The summed E-state index contributed by atoms with van der Waals surface area (Å²) in [7, 11) is 1.94. The third-order valence-electron chi connectivity index (χ3n) is 5.63. The maximum atomic E-state index is 12.9. The molecule has 166 valence electrons. The average molecular weight is 461 g/mol. The van der Waals surface area contributed by atoms with Gasteiger partial charge in [0.1, 0.15) is 29.9 Å². The van der Waals surface area contributed by atoms with E-state index in [1.807, 2.05) is 11.9 Å². The lowest BCUT2D eigenvalue weighted by atomic mass is 9.92. The minimum absolute atomic E-state index is 0. The van der Waals surface area contributed by atoms with Gasteiger partial charge in [-0.05, 0) is 39.0 Å². The zero-order valence-electron chi connectivity index (χ0n) is 16.8. The molecule has 0 aromatic rings. The van der Waals surface area contributed by atoms with Crippen LogP contribution in [-0.4, -0.2) is 93.3 Å². The number of aliphatic hydroxyl groups excluding tert-OH is 3. The Bertz CT molecular complexity index is 503. The molecule has 0 saturated carbocycles. The maximum Gasteiger partial charge on any atom is 0.237 e. The first kappa shape index (κ1) is 26.2. The molecule has 2 fully saturated rings. The SMILES string of the molecule is CCC[C@@H]1C[C@@H](C(=O)N[C@@H](C2O[C@H](SC)[C@H](O)[C@@H](O)[C@H]2O)[C@H](C)Cl)N(C)C1.Cl. The van der Waals surface area contributed by atoms with Crippen LogP contribution in [0.1, 0.15) is 33.1 Å². The second-order valence-corrected chi connectivity index (χ2v) is 9.36. The van der Waals surface area contributed by atoms with Gasteiger partial charge in [0.15, 0.2) is 0 Å². The normalized spacial score (nSPS) is 38.5. The van der Waals surface area contributed by atoms with E-state index in [-0.39, 0.29) is 24.4 Å². The number of carbonyl (C=O) groups is 1. The number of amides is 1. The summed E-state index contributed by atoms with van der Waals surface area (Å²) in [6.45, 7) is 4.74. The van der Waals surface area contributed by atoms with Gasteiger partial charge in [0.05, 0.1) is 17.5 Å². The summed E-state index contributed by atoms with van der Waals surface area (Å²) in [6, 6.07) is -0.934. The van der Waals surface area contributed by atoms with Gasteiger partial charge < -0.3 is 25.4 Å². The van der Waals surface area contributed by atoms with E-state index >= 15 is 0 Å². The molecule has 0 spiro atoms. The fourth-order valence-electron chi connectivity index (χ4n) is 4.11. The van der Waals surface area contributed by atoms with Crippen LogP contribution in [0.4, 0.5) is 0 Å². The van der Waals surface area contributed by atoms with Crippen molar-refractivity contribution in [2.75, 3.05) is 19.8 Å². The minimum Gasteiger partial charge on any atom is -0.388 e. The summed E-state index contributed by atoms with van der Waals surface area (Å²) < 4.78 is 5.79. The van der Waals surface area contributed by atoms with Gasteiger partial charge in [-0.15, -0.1) is 35.8 Å². The van der Waals surface area contributed by atoms with Crippen LogP contribution in [0.3, 0.4) is 0 Å². The Labute approximate surface area is 182 Å². The first-order valence-electron chi connectivity index (χ1n) is 9.58. The molecule has 1 amide bonds. The van der Waals surface area contributed by atoms with E-state index in [9.17, 15) is 20.1 Å². The first-order valence-corrected chi connectivity index (χ1v) is 11.3. The van der Waals surface area contributed by atoms with Crippen LogP contribution in [0.5, 0.6) is 0 Å². The largest absolute Gasteiger partial charge is 0.388 e. The fourth-order valence-corrected chi connectivity index (χ4v) is 5.00. The van der Waals surface area contributed by atoms with Crippen molar-refractivity contribution in [2.24, 2.45) is 5.92 Å². The van der Waals surface area contributed by atoms with Crippen LogP contribution in [0.2, 0.25) is 0 Å². The average Bonchev–Trinajstić information content (AvgIpc) is 2.99. The van der Waals surface area contributed by atoms with Gasteiger partial charge in [0.2, 0.25) is 5.91 Å². The van der Waals surface area contributed by atoms with Crippen LogP contribution < -0.4 is 5.32 Å². The predicted molar refractivity (Wildman–Crippen MR) is 114 cm³/mol. The monoisotopic (exact) mass is 460 g/mol. The Balaban J connectivity index is 0.00000392. The van der Waals surface area contributed by atoms with E-state index in [2.05, 4.69) is 12.2 Å². The molecule has 28 heavy (non-hydrogen) atoms. The van der Waals surface area contributed by atoms with Crippen molar-refractivity contribution >= 4 is 41.7 Å². The molecule has 4 N–H and O–H groups in total. The third kappa shape index (κ3) is 5.88. The number of ether oxygens (including phenoxy) is 1. The van der Waals surface area contributed by atoms with Gasteiger partial charge in [-0.2, -0.15) is 0 Å². The van der Waals surface area contributed by atoms with Crippen molar-refractivity contribution in [3.63, 3.8) is 0 Å². The summed E-state index contributed by atoms with van der Waals surface area (Å²) in [4.78, 5) is 14.9. The topological polar surface area (TPSA) is 102 Å². The molecule has 2 saturated heterocycles. The van der Waals surface area contributed by atoms with Crippen molar-refractivity contribution in [3.05, 3.63) is 0 Å². The van der Waals surface area contributed by atoms with E-state index in [1.165, 1.54) is 11.8 Å². The number of hydrogen-bond acceptors (Lipinski definition) is 7. The lowest BCUT2D eigenvalue weighted by Gasteiger charge is -2.44. The summed E-state index contributed by atoms with van der Waals surface area (Å²) in [5.74, 6) is 0.350. The van der Waals surface area contributed by atoms with Crippen LogP contribution in [0.25, 0.3) is 0 Å². The van der Waals surface area contributed by atoms with Gasteiger partial charge in [-0.3, -0.25) is 9.69 Å². The highest BCUT2D eigenvalue weighted by Crippen LogP contribution is 2.31. The Morgan fingerprint density at radius 3 is 2.50 bits per heavy atom. The lowest BCUT2D eigenvalue weighted by molar-refractivity contribution is -0.205. The molecular formula is C18H34Cl2N2O5S. The minimum atomic E-state index is -1.36. The van der Waals surface area contributed by atoms with Crippen molar-refractivity contribution in [2.45, 2.75) is 80.4 Å². The van der Waals surface area contributed by atoms with Gasteiger partial charge in [-0.1, -0.05) is 13.3 Å². The summed E-state index contributed by atoms with van der Waals surface area (Å²) in [5.41, 5.74) is -0.702. The molecule has 2 heterocycles. The van der Waals surface area contributed by atoms with E-state index in [0.29, 0.717) is 5.92 Å². The molecule has 0 aliphatic carbocycles. The Morgan fingerprint density at radius 2 is 1.96 bits per heavy atom. The molecule has 1 unspecified atom stereocenters. The van der Waals surface area contributed by atoms with Crippen molar-refractivity contribution in [3.8, 4) is 0 Å². The molecular weight excluding hydrogens is 427 g/mol. The smallest absolute Gasteiger partial charge is 0.237 e. The van der Waals surface area contributed by atoms with Crippen LogP contribution in [-0.2, 0) is 9.53 Å². The van der Waals surface area contributed by atoms with E-state index in [1.54, 1.807) is 13.2 Å². The zero-order valence-corrected chi connectivity index (χ0v) is 19.2. The van der Waals surface area contributed by atoms with Crippen LogP contribution >= 0.6 is 35.8 Å². The van der Waals surface area contributed by atoms with Crippen molar-refractivity contribution in [1.29, 1.82) is 0 Å². The summed E-state index contributed by atoms with van der Waals surface area (Å²) in [5, 5.41) is 33.0. The second-order valence-electron chi connectivity index (χ2n) is 7.73. The molecule has 0 bridgehead atoms. The maximum absolute atomic E-state index is 12.9. The van der Waals surface area contributed by atoms with Gasteiger partial charge in [-0.25, -0.2) is 0 Å². The van der Waals surface area contributed by atoms with E-state index in [0.717, 1.165) is 25.8 Å². The predicted octanol–water partition coefficient (Wildman–Crippen LogP) is 0.811. The van der Waals surface area contributed by atoms with Gasteiger partial charge in [0.25, 0.3) is 0 Å². The first-order chi connectivity index (χ1) is 12.7. The Hall–Kier alpha value is 0.200. The lowest BCUT2D eigenvalue weighted by Crippen LogP contribution is -2.65. The number of nitrogens with zero attached hydrogens (tertiary/aromatic N) is 1. The number of likely N-dealkylation sites (N-methyl/N-ethyl adjacent to an activating group) is 1. The van der Waals surface area contributed by atoms with E-state index < -0.39 is 41.3 Å². The number of halogens is 2. The molecule has 9 atom stereocenters. The number of likely N-dealkylation sites (tertiary alicyclic amines) is 1. The second kappa shape index (κ2) is 11.6. The van der Waals surface area contributed by atoms with Gasteiger partial charge >= 0.3 is 0 Å². The zero-order chi connectivity index (χ0) is 20.3. The van der Waals surface area contributed by atoms with Crippen molar-refractivity contribution in [1.82, 2.24) is 10.2 Å². The number of thioether (sulfide) groups is 1. The number of hydrogen-bond donors (Lipinski definition) is 4. The van der Waals surface area contributed by atoms with Gasteiger partial charge in [0, 0.05) is 6.54 Å². The number of aliphatic hydroxyl groups is 3. The number of rotatable bonds is 7. The standard InChI is InChI=1S/C18H33ClN2O5S.ClH/c1-5-6-10-7-11(21(3)8-10)17(25)20-12(9(2)19)16-14(23)13(22)15(24)18(26-16)27-4;/h9-16,18,22-24H,5-8H2,1-4H3,(H,20,25);1H/t9-,10+,11-,12+,13-,14+,15+,16?,18+;/m0./s1. The van der Waals surface area contributed by atoms with Crippen LogP contribution in [0.15, 0.2) is 0 Å². The molecule has 0 radical (unpaired) electrons. The Kier molecular flexibility index (Phi) is 10.8. The molecule has 2 rings (SSSR count). The summed E-state index contributed by atoms with van der Waals surface area (Å²) >= 11 is 7.55. The quantitative estimate of drug-likeness (QED) is 0.416. The molecule has 2 aliphatic rings. The number of nitrogens with one attached hydrogen (secondary N) is 1. The highest BCUT2D eigenvalue weighted by atomic mass is 35.5. The Morgan fingerprint density at radius 1 is 1.32 bits per heavy atom. The molecule has 2 aliphatic heterocycles. The molecule has 0 aromatic heterocycles. The molecule has 10 heteroatoms. The van der Waals surface area contributed by atoms with Crippen molar-refractivity contribution < 1.29 is 24.9 Å². The third-order valence-corrected chi connectivity index (χ3v) is 6.76. The van der Waals surface area contributed by atoms with E-state index in [4.69, 9.17) is 16.3 Å². The van der Waals surface area contributed by atoms with Crippen LogP contribution in [0, 0.1) is 5.92 Å². The highest BCUT2D eigenvalue weighted by molar-refractivity contribution is 7.99. The molecule has 7 nitrogen and oxygen atoms in total. The fraction of sp³-hybridized carbons (Fsp3) is 0.944. The highest BCUT2D eigenvalue weighted by Gasteiger charge is 2.48. The molecule has 0 aromatic carbocycles. The summed E-state index contributed by atoms with van der Waals surface area (Å²) in [6.07, 6.45) is -0.0980. The number of carbonyl (C=O) groups excluding carboxylic acids is 1. The number of alkyl halides is 1.